The van der Waals surface area contributed by atoms with Crippen LogP contribution in [0.3, 0.4) is 0 Å². The molecule has 11 heteroatoms. The van der Waals surface area contributed by atoms with Gasteiger partial charge in [0.05, 0.1) is 19.8 Å². The second kappa shape index (κ2) is 11.2. The Morgan fingerprint density at radius 3 is 2.11 bits per heavy atom. The zero-order valence-electron chi connectivity index (χ0n) is 21.9. The standard InChI is InChI=1S/C26H31N5O6/c1-8-35-19(32)14-30(15-20(33)36-9-2)25(34)37-24-21(27-7)16(3)23-28-22(29-31(23)24)17-10-12-18(13-11-17)26(4,5)6/h10-13H,8-9,14-15H2,1-6H3,(H,28,29). The highest BCUT2D eigenvalue weighted by atomic mass is 16.6. The number of esters is 2. The van der Waals surface area contributed by atoms with Crippen LogP contribution in [-0.4, -0.2) is 63.8 Å². The van der Waals surface area contributed by atoms with Crippen molar-refractivity contribution in [1.82, 2.24) is 19.5 Å². The van der Waals surface area contributed by atoms with E-state index in [1.54, 1.807) is 20.8 Å². The van der Waals surface area contributed by atoms with Gasteiger partial charge < -0.3 is 14.2 Å². The molecule has 0 saturated carbocycles. The van der Waals surface area contributed by atoms with Crippen molar-refractivity contribution < 1.29 is 28.6 Å². The van der Waals surface area contributed by atoms with Gasteiger partial charge >= 0.3 is 18.0 Å². The van der Waals surface area contributed by atoms with Gasteiger partial charge in [-0.15, -0.1) is 0 Å². The monoisotopic (exact) mass is 509 g/mol. The summed E-state index contributed by atoms with van der Waals surface area (Å²) in [4.78, 5) is 46.1. The van der Waals surface area contributed by atoms with E-state index in [9.17, 15) is 14.4 Å². The second-order valence-corrected chi connectivity index (χ2v) is 9.28. The largest absolute Gasteiger partial charge is 0.465 e. The highest BCUT2D eigenvalue weighted by Gasteiger charge is 2.28. The topological polar surface area (TPSA) is 120 Å². The van der Waals surface area contributed by atoms with Crippen LogP contribution in [-0.2, 0) is 24.5 Å². The highest BCUT2D eigenvalue weighted by molar-refractivity contribution is 5.85. The van der Waals surface area contributed by atoms with E-state index in [1.807, 2.05) is 24.3 Å². The molecule has 1 N–H and O–H groups in total. The number of nitrogens with zero attached hydrogens (tertiary/aromatic N) is 4. The molecule has 0 unspecified atom stereocenters. The van der Waals surface area contributed by atoms with E-state index in [-0.39, 0.29) is 30.2 Å². The van der Waals surface area contributed by atoms with Crippen LogP contribution in [0, 0.1) is 13.5 Å². The molecule has 3 rings (SSSR count). The van der Waals surface area contributed by atoms with E-state index >= 15 is 0 Å². The summed E-state index contributed by atoms with van der Waals surface area (Å²) in [6.07, 6.45) is -1.02. The third kappa shape index (κ3) is 6.09. The van der Waals surface area contributed by atoms with Gasteiger partial charge in [0, 0.05) is 11.1 Å². The Balaban J connectivity index is 1.96. The summed E-state index contributed by atoms with van der Waals surface area (Å²) in [5.74, 6) is -1.01. The third-order valence-electron chi connectivity index (χ3n) is 5.57. The number of aromatic amines is 1. The SMILES string of the molecule is [C-]#[N+]c1c(C)c2nc(-c3ccc(C(C)(C)C)cc3)[nH]n2c1OC(=O)N(CC(=O)OCC)CC(=O)OCC. The molecule has 0 aliphatic rings. The lowest BCUT2D eigenvalue weighted by Gasteiger charge is -2.20. The van der Waals surface area contributed by atoms with Crippen LogP contribution in [0.4, 0.5) is 10.5 Å². The first-order chi connectivity index (χ1) is 17.5. The highest BCUT2D eigenvalue weighted by Crippen LogP contribution is 2.37. The van der Waals surface area contributed by atoms with Gasteiger partial charge in [-0.3, -0.25) is 19.6 Å². The van der Waals surface area contributed by atoms with E-state index in [2.05, 4.69) is 35.7 Å². The Kier molecular flexibility index (Phi) is 8.22. The molecule has 0 atom stereocenters. The Labute approximate surface area is 215 Å². The van der Waals surface area contributed by atoms with Crippen molar-refractivity contribution in [2.45, 2.75) is 47.0 Å². The summed E-state index contributed by atoms with van der Waals surface area (Å²) < 4.78 is 16.8. The molecule has 37 heavy (non-hydrogen) atoms. The van der Waals surface area contributed by atoms with E-state index in [1.165, 1.54) is 10.1 Å². The van der Waals surface area contributed by atoms with Crippen LogP contribution in [0.2, 0.25) is 0 Å². The molecule has 0 saturated heterocycles. The summed E-state index contributed by atoms with van der Waals surface area (Å²) in [5, 5.41) is 3.08. The number of aryl methyl sites for hydroxylation is 1. The first kappa shape index (κ1) is 27.3. The van der Waals surface area contributed by atoms with Crippen LogP contribution < -0.4 is 4.74 Å². The average Bonchev–Trinajstić information content (AvgIpc) is 3.37. The van der Waals surface area contributed by atoms with Crippen LogP contribution in [0.15, 0.2) is 24.3 Å². The van der Waals surface area contributed by atoms with Gasteiger partial charge in [-0.2, -0.15) is 0 Å². The Morgan fingerprint density at radius 2 is 1.62 bits per heavy atom. The molecule has 0 bridgehead atoms. The summed E-state index contributed by atoms with van der Waals surface area (Å²) in [7, 11) is 0. The number of amides is 1. The maximum atomic E-state index is 13.1. The van der Waals surface area contributed by atoms with Gasteiger partial charge in [0.25, 0.3) is 5.69 Å². The first-order valence-corrected chi connectivity index (χ1v) is 11.9. The van der Waals surface area contributed by atoms with Gasteiger partial charge in [-0.25, -0.2) is 19.1 Å². The van der Waals surface area contributed by atoms with Gasteiger partial charge in [0.1, 0.15) is 18.7 Å². The maximum Gasteiger partial charge on any atom is 0.416 e. The maximum absolute atomic E-state index is 13.1. The molecule has 1 aromatic carbocycles. The lowest BCUT2D eigenvalue weighted by molar-refractivity contribution is -0.147. The number of fused-ring (bicyclic) bond motifs is 1. The fraction of sp³-hybridized carbons (Fsp3) is 0.423. The molecule has 3 aromatic rings. The van der Waals surface area contributed by atoms with Crippen molar-refractivity contribution in [2.24, 2.45) is 0 Å². The molecule has 196 valence electrons. The molecule has 0 fully saturated rings. The van der Waals surface area contributed by atoms with Crippen molar-refractivity contribution >= 4 is 29.4 Å². The number of hydrogen-bond donors (Lipinski definition) is 1. The predicted octanol–water partition coefficient (Wildman–Crippen LogP) is 4.41. The number of carbonyl (C=O) groups excluding carboxylic acids is 3. The van der Waals surface area contributed by atoms with Crippen LogP contribution in [0.1, 0.15) is 45.7 Å². The summed E-state index contributed by atoms with van der Waals surface area (Å²) in [6, 6.07) is 7.93. The van der Waals surface area contributed by atoms with Gasteiger partial charge in [-0.1, -0.05) is 45.0 Å². The number of benzene rings is 1. The van der Waals surface area contributed by atoms with E-state index < -0.39 is 31.1 Å². The average molecular weight is 510 g/mol. The lowest BCUT2D eigenvalue weighted by Crippen LogP contribution is -2.42. The third-order valence-corrected chi connectivity index (χ3v) is 5.57. The molecule has 0 aliphatic carbocycles. The smallest absolute Gasteiger partial charge is 0.416 e. The molecule has 1 amide bonds. The Hall–Kier alpha value is -4.33. The number of ether oxygens (including phenoxy) is 3. The van der Waals surface area contributed by atoms with Crippen molar-refractivity contribution in [1.29, 1.82) is 0 Å². The van der Waals surface area contributed by atoms with Crippen molar-refractivity contribution in [3.63, 3.8) is 0 Å². The fourth-order valence-electron chi connectivity index (χ4n) is 3.65. The predicted molar refractivity (Wildman–Crippen MR) is 136 cm³/mol. The number of rotatable bonds is 8. The molecular formula is C26H31N5O6. The zero-order valence-corrected chi connectivity index (χ0v) is 21.9. The van der Waals surface area contributed by atoms with E-state index in [0.29, 0.717) is 17.0 Å². The zero-order chi connectivity index (χ0) is 27.3. The van der Waals surface area contributed by atoms with Gasteiger partial charge in [-0.05, 0) is 31.7 Å². The van der Waals surface area contributed by atoms with Crippen molar-refractivity contribution in [3.05, 3.63) is 46.8 Å². The van der Waals surface area contributed by atoms with Crippen molar-refractivity contribution in [3.8, 4) is 17.3 Å². The molecule has 2 heterocycles. The van der Waals surface area contributed by atoms with E-state index in [0.717, 1.165) is 10.5 Å². The minimum atomic E-state index is -1.02. The summed E-state index contributed by atoms with van der Waals surface area (Å²) >= 11 is 0. The number of aromatic nitrogens is 3. The van der Waals surface area contributed by atoms with E-state index in [4.69, 9.17) is 20.8 Å². The van der Waals surface area contributed by atoms with Gasteiger partial charge in [0.15, 0.2) is 5.82 Å². The number of carbonyl (C=O) groups is 3. The van der Waals surface area contributed by atoms with Gasteiger partial charge in [0.2, 0.25) is 5.88 Å². The number of hydrogen-bond acceptors (Lipinski definition) is 7. The fourth-order valence-corrected chi connectivity index (χ4v) is 3.65. The second-order valence-electron chi connectivity index (χ2n) is 9.28. The summed E-state index contributed by atoms with van der Waals surface area (Å²) in [6.45, 7) is 18.1. The molecule has 0 radical (unpaired) electrons. The minimum Gasteiger partial charge on any atom is -0.465 e. The van der Waals surface area contributed by atoms with Crippen LogP contribution in [0.5, 0.6) is 5.88 Å². The van der Waals surface area contributed by atoms with Crippen LogP contribution in [0.25, 0.3) is 21.9 Å². The quantitative estimate of drug-likeness (QED) is 0.353. The Morgan fingerprint density at radius 1 is 1.05 bits per heavy atom. The normalized spacial score (nSPS) is 11.2. The molecular weight excluding hydrogens is 478 g/mol. The van der Waals surface area contributed by atoms with Crippen molar-refractivity contribution in [2.75, 3.05) is 26.3 Å². The summed E-state index contributed by atoms with van der Waals surface area (Å²) in [5.41, 5.74) is 2.97. The Bertz CT molecular complexity index is 1320. The molecule has 0 spiro atoms. The number of H-pyrrole nitrogens is 1. The number of nitrogens with one attached hydrogen (secondary N) is 1. The minimum absolute atomic E-state index is 0.00378. The van der Waals surface area contributed by atoms with Crippen LogP contribution >= 0.6 is 0 Å². The molecule has 11 nitrogen and oxygen atoms in total. The molecule has 2 aromatic heterocycles. The first-order valence-electron chi connectivity index (χ1n) is 11.9. The lowest BCUT2D eigenvalue weighted by atomic mass is 9.87. The molecule has 0 aliphatic heterocycles.